The number of ether oxygens (including phenoxy) is 1. The molecule has 90 valence electrons. The van der Waals surface area contributed by atoms with Crippen molar-refractivity contribution in [2.24, 2.45) is 0 Å². The zero-order valence-electron chi connectivity index (χ0n) is 9.47. The number of imidazole rings is 1. The molecule has 6 heteroatoms. The number of rotatable bonds is 7. The summed E-state index contributed by atoms with van der Waals surface area (Å²) in [7, 11) is 1.67. The first-order chi connectivity index (χ1) is 7.63. The van der Waals surface area contributed by atoms with Crippen molar-refractivity contribution in [3.8, 4) is 0 Å². The van der Waals surface area contributed by atoms with Crippen LogP contribution in [0.25, 0.3) is 0 Å². The minimum atomic E-state index is -0.825. The molecule has 0 saturated heterocycles. The van der Waals surface area contributed by atoms with E-state index in [-0.39, 0.29) is 5.75 Å². The van der Waals surface area contributed by atoms with Crippen molar-refractivity contribution < 1.29 is 14.6 Å². The first kappa shape index (κ1) is 13.1. The summed E-state index contributed by atoms with van der Waals surface area (Å²) in [5.74, 6) is -0.783. The number of hydrogen-bond acceptors (Lipinski definition) is 4. The highest BCUT2D eigenvalue weighted by atomic mass is 32.2. The van der Waals surface area contributed by atoms with Crippen molar-refractivity contribution in [3.05, 3.63) is 11.9 Å². The standard InChI is InChI=1S/C10H16N2O3S/c1-8-6-12(4-3-5-15-2)10(11-8)16-7-9(13)14/h6H,3-5,7H2,1-2H3,(H,13,14). The predicted molar refractivity (Wildman–Crippen MR) is 61.8 cm³/mol. The smallest absolute Gasteiger partial charge is 0.313 e. The Kier molecular flexibility index (Phi) is 5.34. The molecule has 0 spiro atoms. The van der Waals surface area contributed by atoms with Gasteiger partial charge in [0.1, 0.15) is 0 Å². The summed E-state index contributed by atoms with van der Waals surface area (Å²) >= 11 is 1.25. The summed E-state index contributed by atoms with van der Waals surface area (Å²) in [6, 6.07) is 0. The summed E-state index contributed by atoms with van der Waals surface area (Å²) < 4.78 is 6.95. The Morgan fingerprint density at radius 2 is 2.44 bits per heavy atom. The number of carbonyl (C=O) groups is 1. The average Bonchev–Trinajstić information content (AvgIpc) is 2.56. The maximum absolute atomic E-state index is 10.5. The number of carboxylic acids is 1. The highest BCUT2D eigenvalue weighted by Gasteiger charge is 2.08. The van der Waals surface area contributed by atoms with E-state index in [0.717, 1.165) is 23.8 Å². The van der Waals surface area contributed by atoms with Crippen LogP contribution in [0.4, 0.5) is 0 Å². The van der Waals surface area contributed by atoms with Crippen LogP contribution in [-0.2, 0) is 16.1 Å². The van der Waals surface area contributed by atoms with Crippen LogP contribution in [0.3, 0.4) is 0 Å². The van der Waals surface area contributed by atoms with Crippen LogP contribution in [0.2, 0.25) is 0 Å². The van der Waals surface area contributed by atoms with Crippen LogP contribution in [0.15, 0.2) is 11.4 Å². The molecule has 0 unspecified atom stereocenters. The van der Waals surface area contributed by atoms with Crippen molar-refractivity contribution in [1.29, 1.82) is 0 Å². The highest BCUT2D eigenvalue weighted by Crippen LogP contribution is 2.17. The molecular formula is C10H16N2O3S. The number of carboxylic acid groups (broad SMARTS) is 1. The summed E-state index contributed by atoms with van der Waals surface area (Å²) in [6.07, 6.45) is 2.83. The van der Waals surface area contributed by atoms with E-state index in [1.54, 1.807) is 7.11 Å². The van der Waals surface area contributed by atoms with E-state index in [4.69, 9.17) is 9.84 Å². The topological polar surface area (TPSA) is 64.4 Å². The van der Waals surface area contributed by atoms with E-state index in [2.05, 4.69) is 4.98 Å². The number of aliphatic carboxylic acids is 1. The molecule has 0 amide bonds. The van der Waals surface area contributed by atoms with Crippen LogP contribution in [0.1, 0.15) is 12.1 Å². The van der Waals surface area contributed by atoms with Crippen molar-refractivity contribution in [2.45, 2.75) is 25.0 Å². The number of aryl methyl sites for hydroxylation is 2. The molecule has 1 aromatic rings. The maximum Gasteiger partial charge on any atom is 0.313 e. The number of aromatic nitrogens is 2. The largest absolute Gasteiger partial charge is 0.481 e. The number of nitrogens with zero attached hydrogens (tertiary/aromatic N) is 2. The Hall–Kier alpha value is -1.01. The first-order valence-corrected chi connectivity index (χ1v) is 5.99. The van der Waals surface area contributed by atoms with Crippen LogP contribution in [-0.4, -0.2) is 40.1 Å². The van der Waals surface area contributed by atoms with Crippen LogP contribution >= 0.6 is 11.8 Å². The SMILES string of the molecule is COCCCn1cc(C)nc1SCC(=O)O. The maximum atomic E-state index is 10.5. The monoisotopic (exact) mass is 244 g/mol. The molecule has 0 aliphatic heterocycles. The Bertz CT molecular complexity index is 352. The zero-order chi connectivity index (χ0) is 12.0. The van der Waals surface area contributed by atoms with Gasteiger partial charge >= 0.3 is 5.97 Å². The molecule has 0 saturated carbocycles. The van der Waals surface area contributed by atoms with Crippen LogP contribution < -0.4 is 0 Å². The molecule has 0 aliphatic carbocycles. The molecule has 5 nitrogen and oxygen atoms in total. The quantitative estimate of drug-likeness (QED) is 0.580. The van der Waals surface area contributed by atoms with E-state index >= 15 is 0 Å². The minimum Gasteiger partial charge on any atom is -0.481 e. The molecule has 1 heterocycles. The van der Waals surface area contributed by atoms with Gasteiger partial charge in [0.05, 0.1) is 11.4 Å². The third-order valence-corrected chi connectivity index (χ3v) is 2.91. The normalized spacial score (nSPS) is 10.6. The van der Waals surface area contributed by atoms with Gasteiger partial charge in [0.15, 0.2) is 5.16 Å². The Morgan fingerprint density at radius 1 is 1.69 bits per heavy atom. The molecule has 1 N–H and O–H groups in total. The first-order valence-electron chi connectivity index (χ1n) is 5.00. The molecule has 1 aromatic heterocycles. The Morgan fingerprint density at radius 3 is 3.06 bits per heavy atom. The number of thioether (sulfide) groups is 1. The van der Waals surface area contributed by atoms with E-state index < -0.39 is 5.97 Å². The minimum absolute atomic E-state index is 0.0424. The molecule has 0 aromatic carbocycles. The van der Waals surface area contributed by atoms with Gasteiger partial charge in [-0.3, -0.25) is 4.79 Å². The summed E-state index contributed by atoms with van der Waals surface area (Å²) in [5.41, 5.74) is 0.908. The van der Waals surface area contributed by atoms with Gasteiger partial charge < -0.3 is 14.4 Å². The second kappa shape index (κ2) is 6.55. The van der Waals surface area contributed by atoms with Crippen LogP contribution in [0, 0.1) is 6.92 Å². The van der Waals surface area contributed by atoms with Gasteiger partial charge in [0.25, 0.3) is 0 Å². The molecule has 1 rings (SSSR count). The average molecular weight is 244 g/mol. The summed E-state index contributed by atoms with van der Waals surface area (Å²) in [6.45, 7) is 3.40. The van der Waals surface area contributed by atoms with Crippen molar-refractivity contribution in [2.75, 3.05) is 19.5 Å². The van der Waals surface area contributed by atoms with Gasteiger partial charge in [0.2, 0.25) is 0 Å². The Balaban J connectivity index is 2.56. The lowest BCUT2D eigenvalue weighted by Gasteiger charge is -2.05. The molecule has 0 bridgehead atoms. The Labute approximate surface area is 98.8 Å². The van der Waals surface area contributed by atoms with E-state index in [1.165, 1.54) is 11.8 Å². The summed E-state index contributed by atoms with van der Waals surface area (Å²) in [5, 5.41) is 9.37. The van der Waals surface area contributed by atoms with Crippen molar-refractivity contribution in [1.82, 2.24) is 9.55 Å². The van der Waals surface area contributed by atoms with E-state index in [0.29, 0.717) is 6.61 Å². The predicted octanol–water partition coefficient (Wildman–Crippen LogP) is 1.40. The number of methoxy groups -OCH3 is 1. The zero-order valence-corrected chi connectivity index (χ0v) is 10.3. The number of hydrogen-bond donors (Lipinski definition) is 1. The summed E-state index contributed by atoms with van der Waals surface area (Å²) in [4.78, 5) is 14.8. The third-order valence-electron chi connectivity index (χ3n) is 1.93. The van der Waals surface area contributed by atoms with Gasteiger partial charge in [-0.2, -0.15) is 0 Å². The lowest BCUT2D eigenvalue weighted by Crippen LogP contribution is -2.04. The third kappa shape index (κ3) is 4.24. The highest BCUT2D eigenvalue weighted by molar-refractivity contribution is 7.99. The lowest BCUT2D eigenvalue weighted by atomic mass is 10.4. The van der Waals surface area contributed by atoms with Gasteiger partial charge in [-0.1, -0.05) is 11.8 Å². The van der Waals surface area contributed by atoms with Crippen molar-refractivity contribution >= 4 is 17.7 Å². The second-order valence-corrected chi connectivity index (χ2v) is 4.33. The van der Waals surface area contributed by atoms with Crippen LogP contribution in [0.5, 0.6) is 0 Å². The van der Waals surface area contributed by atoms with Gasteiger partial charge in [-0.05, 0) is 13.3 Å². The fourth-order valence-electron chi connectivity index (χ4n) is 1.31. The van der Waals surface area contributed by atoms with Gasteiger partial charge in [-0.25, -0.2) is 4.98 Å². The fourth-order valence-corrected chi connectivity index (χ4v) is 2.08. The molecule has 16 heavy (non-hydrogen) atoms. The van der Waals surface area contributed by atoms with E-state index in [9.17, 15) is 4.79 Å². The van der Waals surface area contributed by atoms with E-state index in [1.807, 2.05) is 17.7 Å². The fraction of sp³-hybridized carbons (Fsp3) is 0.600. The molecule has 0 fully saturated rings. The van der Waals surface area contributed by atoms with Gasteiger partial charge in [0, 0.05) is 26.5 Å². The molecule has 0 atom stereocenters. The lowest BCUT2D eigenvalue weighted by molar-refractivity contribution is -0.133. The van der Waals surface area contributed by atoms with Crippen molar-refractivity contribution in [3.63, 3.8) is 0 Å². The molecular weight excluding hydrogens is 228 g/mol. The van der Waals surface area contributed by atoms with Gasteiger partial charge in [-0.15, -0.1) is 0 Å². The second-order valence-electron chi connectivity index (χ2n) is 3.39. The molecule has 0 radical (unpaired) electrons. The molecule has 0 aliphatic rings.